The molecule has 0 radical (unpaired) electrons. The first-order valence-corrected chi connectivity index (χ1v) is 8.86. The first-order valence-electron chi connectivity index (χ1n) is 8.86. The summed E-state index contributed by atoms with van der Waals surface area (Å²) in [6, 6.07) is 6.84. The molecule has 25 heavy (non-hydrogen) atoms. The van der Waals surface area contributed by atoms with Crippen molar-refractivity contribution in [3.8, 4) is 0 Å². The molecule has 1 aliphatic rings. The van der Waals surface area contributed by atoms with Gasteiger partial charge in [0.05, 0.1) is 11.0 Å². The lowest BCUT2D eigenvalue weighted by Gasteiger charge is -2.22. The molecule has 136 valence electrons. The molecule has 2 heterocycles. The average molecular weight is 350 g/mol. The maximum atomic E-state index is 13.3. The molecule has 0 unspecified atom stereocenters. The fourth-order valence-electron chi connectivity index (χ4n) is 3.40. The summed E-state index contributed by atoms with van der Waals surface area (Å²) in [5.74, 6) is 0.892. The molecule has 1 aromatic carbocycles. The Balaban J connectivity index is 1.50. The number of benzene rings is 1. The third kappa shape index (κ3) is 4.54. The Morgan fingerprint density at radius 2 is 2.08 bits per heavy atom. The Bertz CT molecular complexity index is 710. The molecule has 0 aliphatic carbocycles. The second-order valence-electron chi connectivity index (χ2n) is 6.50. The van der Waals surface area contributed by atoms with Gasteiger partial charge in [-0.1, -0.05) is 12.1 Å². The van der Waals surface area contributed by atoms with Crippen LogP contribution in [-0.4, -0.2) is 35.1 Å². The summed E-state index contributed by atoms with van der Waals surface area (Å²) in [6.45, 7) is -0.272. The molecular formula is C18H24F2N4O. The first kappa shape index (κ1) is 17.8. The number of alkyl halides is 2. The van der Waals surface area contributed by atoms with E-state index in [0.29, 0.717) is 35.7 Å². The number of halogens is 2. The highest BCUT2D eigenvalue weighted by Crippen LogP contribution is 2.23. The van der Waals surface area contributed by atoms with Crippen LogP contribution in [0, 0.1) is 5.92 Å². The highest BCUT2D eigenvalue weighted by Gasteiger charge is 2.18. The predicted octanol–water partition coefficient (Wildman–Crippen LogP) is 2.87. The standard InChI is InChI=1S/C18H24F2N4O/c19-18(20)24-15-4-2-1-3-14(15)23-16(24)9-12-22-17(25)6-5-13-7-10-21-11-8-13/h1-4,13,18,21H,5-12H2,(H,22,25). The fraction of sp³-hybridized carbons (Fsp3) is 0.556. The second kappa shape index (κ2) is 8.38. The Labute approximate surface area is 145 Å². The summed E-state index contributed by atoms with van der Waals surface area (Å²) in [5, 5.41) is 6.14. The number of para-hydroxylation sites is 2. The molecule has 3 rings (SSSR count). The number of carbonyl (C=O) groups is 1. The van der Waals surface area contributed by atoms with E-state index in [1.54, 1.807) is 24.3 Å². The smallest absolute Gasteiger partial charge is 0.320 e. The van der Waals surface area contributed by atoms with Crippen molar-refractivity contribution in [2.45, 2.75) is 38.7 Å². The molecule has 7 heteroatoms. The normalized spacial score (nSPS) is 15.8. The van der Waals surface area contributed by atoms with Crippen molar-refractivity contribution in [1.82, 2.24) is 20.2 Å². The quantitative estimate of drug-likeness (QED) is 0.807. The van der Waals surface area contributed by atoms with Crippen molar-refractivity contribution >= 4 is 16.9 Å². The molecule has 5 nitrogen and oxygen atoms in total. The minimum absolute atomic E-state index is 0.0155. The van der Waals surface area contributed by atoms with Gasteiger partial charge in [-0.25, -0.2) is 4.98 Å². The van der Waals surface area contributed by atoms with E-state index >= 15 is 0 Å². The van der Waals surface area contributed by atoms with Crippen LogP contribution in [0.3, 0.4) is 0 Å². The zero-order chi connectivity index (χ0) is 17.6. The van der Waals surface area contributed by atoms with E-state index in [4.69, 9.17) is 0 Å². The van der Waals surface area contributed by atoms with Gasteiger partial charge in [0.2, 0.25) is 5.91 Å². The number of nitrogens with one attached hydrogen (secondary N) is 2. The van der Waals surface area contributed by atoms with Gasteiger partial charge in [-0.3, -0.25) is 9.36 Å². The highest BCUT2D eigenvalue weighted by molar-refractivity contribution is 5.76. The van der Waals surface area contributed by atoms with Crippen LogP contribution in [0.25, 0.3) is 11.0 Å². The number of hydrogen-bond acceptors (Lipinski definition) is 3. The van der Waals surface area contributed by atoms with E-state index in [2.05, 4.69) is 15.6 Å². The molecule has 0 atom stereocenters. The molecule has 1 fully saturated rings. The molecule has 0 spiro atoms. The Morgan fingerprint density at radius 1 is 1.32 bits per heavy atom. The Morgan fingerprint density at radius 3 is 2.84 bits per heavy atom. The molecule has 1 aromatic heterocycles. The number of piperidine rings is 1. The number of fused-ring (bicyclic) bond motifs is 1. The number of carbonyl (C=O) groups excluding carboxylic acids is 1. The molecule has 0 bridgehead atoms. The van der Waals surface area contributed by atoms with Gasteiger partial charge in [0.25, 0.3) is 0 Å². The summed E-state index contributed by atoms with van der Waals surface area (Å²) in [4.78, 5) is 16.2. The van der Waals surface area contributed by atoms with Crippen molar-refractivity contribution in [1.29, 1.82) is 0 Å². The van der Waals surface area contributed by atoms with Crippen LogP contribution < -0.4 is 10.6 Å². The van der Waals surface area contributed by atoms with Crippen LogP contribution >= 0.6 is 0 Å². The van der Waals surface area contributed by atoms with Crippen LogP contribution in [0.1, 0.15) is 38.1 Å². The monoisotopic (exact) mass is 350 g/mol. The van der Waals surface area contributed by atoms with Crippen molar-refractivity contribution in [2.24, 2.45) is 5.92 Å². The van der Waals surface area contributed by atoms with Gasteiger partial charge in [-0.05, 0) is 50.4 Å². The summed E-state index contributed by atoms with van der Waals surface area (Å²) >= 11 is 0. The molecule has 2 aromatic rings. The van der Waals surface area contributed by atoms with Crippen molar-refractivity contribution in [3.05, 3.63) is 30.1 Å². The van der Waals surface area contributed by atoms with Gasteiger partial charge in [0.1, 0.15) is 5.82 Å². The lowest BCUT2D eigenvalue weighted by atomic mass is 9.93. The number of amides is 1. The van der Waals surface area contributed by atoms with Gasteiger partial charge < -0.3 is 10.6 Å². The Kier molecular flexibility index (Phi) is 5.96. The van der Waals surface area contributed by atoms with Gasteiger partial charge in [-0.2, -0.15) is 8.78 Å². The van der Waals surface area contributed by atoms with Crippen LogP contribution in [0.5, 0.6) is 0 Å². The van der Waals surface area contributed by atoms with E-state index in [-0.39, 0.29) is 12.3 Å². The molecule has 1 saturated heterocycles. The molecule has 1 amide bonds. The first-order chi connectivity index (χ1) is 12.1. The van der Waals surface area contributed by atoms with Crippen LogP contribution in [0.2, 0.25) is 0 Å². The van der Waals surface area contributed by atoms with Crippen LogP contribution in [-0.2, 0) is 11.2 Å². The summed E-state index contributed by atoms with van der Waals surface area (Å²) in [6.07, 6.45) is 3.91. The zero-order valence-corrected chi connectivity index (χ0v) is 14.2. The maximum absolute atomic E-state index is 13.3. The largest absolute Gasteiger partial charge is 0.356 e. The number of hydrogen-bond donors (Lipinski definition) is 2. The third-order valence-corrected chi connectivity index (χ3v) is 4.77. The van der Waals surface area contributed by atoms with E-state index in [0.717, 1.165) is 36.9 Å². The van der Waals surface area contributed by atoms with Crippen molar-refractivity contribution < 1.29 is 13.6 Å². The molecular weight excluding hydrogens is 326 g/mol. The van der Waals surface area contributed by atoms with Gasteiger partial charge in [0.15, 0.2) is 0 Å². The number of nitrogens with zero attached hydrogens (tertiary/aromatic N) is 2. The molecule has 2 N–H and O–H groups in total. The van der Waals surface area contributed by atoms with E-state index in [1.165, 1.54) is 0 Å². The fourth-order valence-corrected chi connectivity index (χ4v) is 3.40. The molecule has 0 saturated carbocycles. The number of imidazole rings is 1. The van der Waals surface area contributed by atoms with Crippen molar-refractivity contribution in [2.75, 3.05) is 19.6 Å². The average Bonchev–Trinajstić information content (AvgIpc) is 2.99. The minimum Gasteiger partial charge on any atom is -0.356 e. The lowest BCUT2D eigenvalue weighted by Crippen LogP contribution is -2.30. The maximum Gasteiger partial charge on any atom is 0.320 e. The van der Waals surface area contributed by atoms with Crippen molar-refractivity contribution in [3.63, 3.8) is 0 Å². The number of aromatic nitrogens is 2. The summed E-state index contributed by atoms with van der Waals surface area (Å²) in [5.41, 5.74) is 0.972. The topological polar surface area (TPSA) is 59.0 Å². The number of rotatable bonds is 7. The zero-order valence-electron chi connectivity index (χ0n) is 14.2. The predicted molar refractivity (Wildman–Crippen MR) is 92.5 cm³/mol. The lowest BCUT2D eigenvalue weighted by molar-refractivity contribution is -0.121. The van der Waals surface area contributed by atoms with Gasteiger partial charge >= 0.3 is 6.55 Å². The summed E-state index contributed by atoms with van der Waals surface area (Å²) in [7, 11) is 0. The van der Waals surface area contributed by atoms with Gasteiger partial charge in [-0.15, -0.1) is 0 Å². The molecule has 1 aliphatic heterocycles. The minimum atomic E-state index is -2.64. The van der Waals surface area contributed by atoms with Gasteiger partial charge in [0, 0.05) is 19.4 Å². The second-order valence-corrected chi connectivity index (χ2v) is 6.50. The highest BCUT2D eigenvalue weighted by atomic mass is 19.3. The summed E-state index contributed by atoms with van der Waals surface area (Å²) < 4.78 is 27.6. The third-order valence-electron chi connectivity index (χ3n) is 4.77. The van der Waals surface area contributed by atoms with E-state index in [9.17, 15) is 13.6 Å². The SMILES string of the molecule is O=C(CCC1CCNCC1)NCCc1nc2ccccc2n1C(F)F. The van der Waals surface area contributed by atoms with Crippen LogP contribution in [0.4, 0.5) is 8.78 Å². The Hall–Kier alpha value is -2.02. The van der Waals surface area contributed by atoms with E-state index in [1.807, 2.05) is 0 Å². The van der Waals surface area contributed by atoms with E-state index < -0.39 is 6.55 Å². The van der Waals surface area contributed by atoms with Crippen LogP contribution in [0.15, 0.2) is 24.3 Å².